The van der Waals surface area contributed by atoms with Crippen LogP contribution in [0.25, 0.3) is 11.1 Å². The van der Waals surface area contributed by atoms with Crippen molar-refractivity contribution >= 4 is 13.5 Å². The van der Waals surface area contributed by atoms with Crippen molar-refractivity contribution in [1.82, 2.24) is 9.78 Å². The van der Waals surface area contributed by atoms with Gasteiger partial charge < -0.3 is 5.73 Å². The zero-order valence-corrected chi connectivity index (χ0v) is 19.0. The van der Waals surface area contributed by atoms with Gasteiger partial charge in [0.1, 0.15) is 0 Å². The summed E-state index contributed by atoms with van der Waals surface area (Å²) < 4.78 is 31.8. The van der Waals surface area contributed by atoms with E-state index in [1.165, 1.54) is 0 Å². The highest BCUT2D eigenvalue weighted by Crippen LogP contribution is 2.55. The monoisotopic (exact) mass is 409 g/mol. The minimum absolute atomic E-state index is 0.0505. The van der Waals surface area contributed by atoms with Crippen LogP contribution in [0.15, 0.2) is 24.3 Å². The van der Waals surface area contributed by atoms with E-state index in [-0.39, 0.29) is 6.73 Å². The van der Waals surface area contributed by atoms with Crippen LogP contribution in [0.2, 0.25) is 0 Å². The highest BCUT2D eigenvalue weighted by molar-refractivity contribution is 7.48. The van der Waals surface area contributed by atoms with Crippen LogP contribution in [0.3, 0.4) is 0 Å². The normalized spacial score (nSPS) is 13.1. The van der Waals surface area contributed by atoms with Gasteiger partial charge >= 0.3 is 7.82 Å². The summed E-state index contributed by atoms with van der Waals surface area (Å²) in [5.74, 6) is 0. The van der Waals surface area contributed by atoms with Gasteiger partial charge in [-0.1, -0.05) is 12.1 Å². The smallest absolute Gasteiger partial charge is 0.399 e. The lowest BCUT2D eigenvalue weighted by atomic mass is 10.0. The number of phosphoric ester groups is 1. The first-order valence-corrected chi connectivity index (χ1v) is 10.7. The van der Waals surface area contributed by atoms with Gasteiger partial charge in [0, 0.05) is 16.9 Å². The highest BCUT2D eigenvalue weighted by atomic mass is 31.2. The highest BCUT2D eigenvalue weighted by Gasteiger charge is 2.37. The predicted octanol–water partition coefficient (Wildman–Crippen LogP) is 5.46. The van der Waals surface area contributed by atoms with Crippen molar-refractivity contribution in [3.8, 4) is 11.1 Å². The maximum atomic E-state index is 13.2. The Balaban J connectivity index is 2.27. The van der Waals surface area contributed by atoms with E-state index in [1.807, 2.05) is 38.1 Å². The van der Waals surface area contributed by atoms with E-state index in [0.717, 1.165) is 22.5 Å². The molecule has 0 atom stereocenters. The fraction of sp³-hybridized carbons (Fsp3) is 0.550. The zero-order chi connectivity index (χ0) is 21.3. The van der Waals surface area contributed by atoms with Gasteiger partial charge in [-0.25, -0.2) is 9.25 Å². The number of rotatable bonds is 6. The van der Waals surface area contributed by atoms with Gasteiger partial charge in [0.05, 0.1) is 16.9 Å². The second-order valence-corrected chi connectivity index (χ2v) is 10.3. The Kier molecular flexibility index (Phi) is 6.46. The van der Waals surface area contributed by atoms with Crippen LogP contribution in [-0.2, 0) is 24.9 Å². The fourth-order valence-corrected chi connectivity index (χ4v) is 4.49. The molecule has 0 saturated carbocycles. The van der Waals surface area contributed by atoms with Crippen LogP contribution < -0.4 is 5.73 Å². The van der Waals surface area contributed by atoms with Crippen LogP contribution in [0.1, 0.15) is 52.9 Å². The molecule has 156 valence electrons. The Morgan fingerprint density at radius 3 is 1.96 bits per heavy atom. The third kappa shape index (κ3) is 6.17. The Hall–Kier alpha value is -1.66. The van der Waals surface area contributed by atoms with Crippen molar-refractivity contribution < 1.29 is 18.1 Å². The van der Waals surface area contributed by atoms with E-state index in [9.17, 15) is 4.57 Å². The Morgan fingerprint density at radius 1 is 1.00 bits per heavy atom. The lowest BCUT2D eigenvalue weighted by Gasteiger charge is -2.30. The number of hydrogen-bond acceptors (Lipinski definition) is 6. The Bertz CT molecular complexity index is 841. The van der Waals surface area contributed by atoms with Gasteiger partial charge in [-0.05, 0) is 73.1 Å². The van der Waals surface area contributed by atoms with Crippen molar-refractivity contribution in [2.45, 2.75) is 73.3 Å². The van der Waals surface area contributed by atoms with Crippen molar-refractivity contribution in [3.05, 3.63) is 35.7 Å². The lowest BCUT2D eigenvalue weighted by Crippen LogP contribution is -2.25. The van der Waals surface area contributed by atoms with Gasteiger partial charge in [0.25, 0.3) is 0 Å². The molecule has 0 aliphatic heterocycles. The first-order valence-electron chi connectivity index (χ1n) is 9.25. The molecule has 7 nitrogen and oxygen atoms in total. The molecule has 0 bridgehead atoms. The molecule has 0 fully saturated rings. The second-order valence-electron chi connectivity index (χ2n) is 8.78. The SMILES string of the molecule is Cc1nn(COP(=O)(OC(C)(C)C)OC(C)(C)C)c(C)c1-c1ccc(N)cc1. The molecule has 0 unspecified atom stereocenters. The molecule has 1 heterocycles. The molecular weight excluding hydrogens is 377 g/mol. The largest absolute Gasteiger partial charge is 0.477 e. The molecular formula is C20H32N3O4P. The van der Waals surface area contributed by atoms with Crippen LogP contribution in [0.4, 0.5) is 5.69 Å². The molecule has 0 aliphatic carbocycles. The molecule has 28 heavy (non-hydrogen) atoms. The predicted molar refractivity (Wildman–Crippen MR) is 112 cm³/mol. The van der Waals surface area contributed by atoms with Crippen LogP contribution >= 0.6 is 7.82 Å². The molecule has 0 saturated heterocycles. The third-order valence-corrected chi connectivity index (χ3v) is 5.66. The summed E-state index contributed by atoms with van der Waals surface area (Å²) in [7, 11) is -3.81. The Labute approximate surface area is 167 Å². The van der Waals surface area contributed by atoms with Gasteiger partial charge in [-0.2, -0.15) is 5.10 Å². The number of benzene rings is 1. The molecule has 1 aromatic carbocycles. The molecule has 8 heteroatoms. The number of phosphoric acid groups is 1. The zero-order valence-electron chi connectivity index (χ0n) is 18.1. The van der Waals surface area contributed by atoms with Gasteiger partial charge in [-0.15, -0.1) is 0 Å². The summed E-state index contributed by atoms with van der Waals surface area (Å²) in [6.45, 7) is 14.6. The average Bonchev–Trinajstić information content (AvgIpc) is 2.77. The molecule has 1 aromatic heterocycles. The number of hydrogen-bond donors (Lipinski definition) is 1. The maximum absolute atomic E-state index is 13.2. The van der Waals surface area contributed by atoms with E-state index in [1.54, 1.807) is 46.2 Å². The average molecular weight is 409 g/mol. The van der Waals surface area contributed by atoms with E-state index >= 15 is 0 Å². The van der Waals surface area contributed by atoms with Crippen LogP contribution in [0, 0.1) is 13.8 Å². The summed E-state index contributed by atoms with van der Waals surface area (Å²) in [5, 5.41) is 4.53. The summed E-state index contributed by atoms with van der Waals surface area (Å²) in [4.78, 5) is 0. The molecule has 0 spiro atoms. The minimum Gasteiger partial charge on any atom is -0.399 e. The number of nitrogens with zero attached hydrogens (tertiary/aromatic N) is 2. The molecule has 0 radical (unpaired) electrons. The fourth-order valence-electron chi connectivity index (χ4n) is 2.76. The standard InChI is InChI=1S/C20H32N3O4P/c1-14-18(16-9-11-17(21)12-10-16)15(2)23(22-14)13-25-28(24,26-19(3,4)5)27-20(6,7)8/h9-12H,13,21H2,1-8H3. The van der Waals surface area contributed by atoms with E-state index in [0.29, 0.717) is 5.69 Å². The van der Waals surface area contributed by atoms with Gasteiger partial charge in [0.2, 0.25) is 0 Å². The van der Waals surface area contributed by atoms with Gasteiger partial charge in [-0.3, -0.25) is 13.6 Å². The number of aryl methyl sites for hydroxylation is 1. The molecule has 2 rings (SSSR count). The number of nitrogen functional groups attached to an aromatic ring is 1. The van der Waals surface area contributed by atoms with Crippen molar-refractivity contribution in [2.75, 3.05) is 5.73 Å². The summed E-state index contributed by atoms with van der Waals surface area (Å²) >= 11 is 0. The molecule has 0 amide bonds. The van der Waals surface area contributed by atoms with E-state index < -0.39 is 19.0 Å². The molecule has 2 N–H and O–H groups in total. The van der Waals surface area contributed by atoms with Crippen molar-refractivity contribution in [2.24, 2.45) is 0 Å². The minimum atomic E-state index is -3.81. The topological polar surface area (TPSA) is 88.6 Å². The van der Waals surface area contributed by atoms with E-state index in [2.05, 4.69) is 5.10 Å². The first-order chi connectivity index (χ1) is 12.7. The Morgan fingerprint density at radius 2 is 1.50 bits per heavy atom. The van der Waals surface area contributed by atoms with Crippen LogP contribution in [-0.4, -0.2) is 21.0 Å². The number of anilines is 1. The third-order valence-electron chi connectivity index (χ3n) is 3.69. The summed E-state index contributed by atoms with van der Waals surface area (Å²) in [6, 6.07) is 7.61. The van der Waals surface area contributed by atoms with Crippen molar-refractivity contribution in [1.29, 1.82) is 0 Å². The lowest BCUT2D eigenvalue weighted by molar-refractivity contribution is -0.00780. The summed E-state index contributed by atoms with van der Waals surface area (Å²) in [6.07, 6.45) is 0. The molecule has 2 aromatic rings. The van der Waals surface area contributed by atoms with Crippen LogP contribution in [0.5, 0.6) is 0 Å². The maximum Gasteiger partial charge on any atom is 0.477 e. The first kappa shape index (κ1) is 22.6. The van der Waals surface area contributed by atoms with Crippen molar-refractivity contribution in [3.63, 3.8) is 0 Å². The van der Waals surface area contributed by atoms with E-state index in [4.69, 9.17) is 19.3 Å². The quantitative estimate of drug-likeness (QED) is 0.503. The van der Waals surface area contributed by atoms with Gasteiger partial charge in [0.15, 0.2) is 6.73 Å². The number of nitrogens with two attached hydrogens (primary N) is 1. The summed E-state index contributed by atoms with van der Waals surface area (Å²) in [5.41, 5.74) is 8.84. The second kappa shape index (κ2) is 7.99. The molecule has 0 aliphatic rings. The number of aromatic nitrogens is 2.